The van der Waals surface area contributed by atoms with Crippen molar-refractivity contribution in [2.24, 2.45) is 0 Å². The highest BCUT2D eigenvalue weighted by Crippen LogP contribution is 2.38. The van der Waals surface area contributed by atoms with Crippen LogP contribution in [-0.2, 0) is 11.2 Å². The second-order valence-electron chi connectivity index (χ2n) is 4.06. The first kappa shape index (κ1) is 10.7. The molecule has 3 heteroatoms. The van der Waals surface area contributed by atoms with Crippen LogP contribution < -0.4 is 4.90 Å². The topological polar surface area (TPSA) is 44.1 Å². The van der Waals surface area contributed by atoms with Crippen molar-refractivity contribution in [2.45, 2.75) is 25.7 Å². The standard InChI is InChI=1S/C13H14N2O/c1-3-9-4-5-12-11(8-9)10(6-7-14)13(16)15(12)2/h4-5,8,10H,3,6H2,1-2H3/t10-/m0/s1. The van der Waals surface area contributed by atoms with Gasteiger partial charge in [0, 0.05) is 12.7 Å². The summed E-state index contributed by atoms with van der Waals surface area (Å²) < 4.78 is 0. The number of carbonyl (C=O) groups excluding carboxylic acids is 1. The second-order valence-corrected chi connectivity index (χ2v) is 4.06. The molecule has 16 heavy (non-hydrogen) atoms. The number of hydrogen-bond acceptors (Lipinski definition) is 2. The van der Waals surface area contributed by atoms with Gasteiger partial charge in [0.15, 0.2) is 0 Å². The van der Waals surface area contributed by atoms with Gasteiger partial charge in [-0.3, -0.25) is 4.79 Å². The van der Waals surface area contributed by atoms with E-state index in [-0.39, 0.29) is 18.2 Å². The van der Waals surface area contributed by atoms with Gasteiger partial charge < -0.3 is 4.90 Å². The summed E-state index contributed by atoms with van der Waals surface area (Å²) in [6.07, 6.45) is 1.22. The van der Waals surface area contributed by atoms with Gasteiger partial charge in [0.05, 0.1) is 18.4 Å². The van der Waals surface area contributed by atoms with Gasteiger partial charge in [0.25, 0.3) is 0 Å². The van der Waals surface area contributed by atoms with E-state index in [2.05, 4.69) is 19.1 Å². The lowest BCUT2D eigenvalue weighted by atomic mass is 9.96. The van der Waals surface area contributed by atoms with E-state index in [1.807, 2.05) is 12.1 Å². The Labute approximate surface area is 95.3 Å². The monoisotopic (exact) mass is 214 g/mol. The van der Waals surface area contributed by atoms with Crippen LogP contribution in [-0.4, -0.2) is 13.0 Å². The summed E-state index contributed by atoms with van der Waals surface area (Å²) >= 11 is 0. The molecule has 1 atom stereocenters. The number of hydrogen-bond donors (Lipinski definition) is 0. The minimum atomic E-state index is -0.267. The molecule has 3 nitrogen and oxygen atoms in total. The van der Waals surface area contributed by atoms with Gasteiger partial charge in [-0.25, -0.2) is 0 Å². The zero-order valence-electron chi connectivity index (χ0n) is 9.53. The molecule has 2 rings (SSSR count). The predicted molar refractivity (Wildman–Crippen MR) is 62.2 cm³/mol. The molecule has 1 amide bonds. The van der Waals surface area contributed by atoms with E-state index < -0.39 is 0 Å². The Kier molecular flexibility index (Phi) is 2.66. The molecule has 0 fully saturated rings. The fraction of sp³-hybridized carbons (Fsp3) is 0.385. The molecule has 1 aliphatic heterocycles. The maximum Gasteiger partial charge on any atom is 0.235 e. The molecule has 1 aromatic carbocycles. The van der Waals surface area contributed by atoms with E-state index in [1.165, 1.54) is 5.56 Å². The van der Waals surface area contributed by atoms with Gasteiger partial charge in [-0.2, -0.15) is 5.26 Å². The molecule has 1 aromatic rings. The van der Waals surface area contributed by atoms with Crippen LogP contribution in [0.2, 0.25) is 0 Å². The van der Waals surface area contributed by atoms with Crippen LogP contribution in [0.5, 0.6) is 0 Å². The smallest absolute Gasteiger partial charge is 0.235 e. The minimum absolute atomic E-state index is 0.0322. The number of benzene rings is 1. The molecule has 0 aromatic heterocycles. The lowest BCUT2D eigenvalue weighted by molar-refractivity contribution is -0.118. The quantitative estimate of drug-likeness (QED) is 0.757. The molecule has 82 valence electrons. The Morgan fingerprint density at radius 1 is 1.50 bits per heavy atom. The first-order valence-corrected chi connectivity index (χ1v) is 5.46. The van der Waals surface area contributed by atoms with Crippen molar-refractivity contribution in [3.8, 4) is 6.07 Å². The Balaban J connectivity index is 2.49. The Hall–Kier alpha value is -1.82. The van der Waals surface area contributed by atoms with E-state index in [9.17, 15) is 4.79 Å². The van der Waals surface area contributed by atoms with Crippen LogP contribution in [0.3, 0.4) is 0 Å². The molecule has 0 saturated carbocycles. The van der Waals surface area contributed by atoms with Gasteiger partial charge in [-0.05, 0) is 23.6 Å². The van der Waals surface area contributed by atoms with E-state index in [0.29, 0.717) is 0 Å². The average Bonchev–Trinajstić information content (AvgIpc) is 2.54. The Morgan fingerprint density at radius 3 is 2.88 bits per heavy atom. The van der Waals surface area contributed by atoms with E-state index in [0.717, 1.165) is 17.7 Å². The van der Waals surface area contributed by atoms with Crippen LogP contribution in [0.25, 0.3) is 0 Å². The molecule has 0 saturated heterocycles. The molecule has 0 spiro atoms. The third-order valence-electron chi connectivity index (χ3n) is 3.16. The summed E-state index contributed by atoms with van der Waals surface area (Å²) in [5, 5.41) is 8.76. The first-order valence-electron chi connectivity index (χ1n) is 5.46. The van der Waals surface area contributed by atoms with Crippen molar-refractivity contribution in [1.82, 2.24) is 0 Å². The van der Waals surface area contributed by atoms with Crippen LogP contribution in [0.1, 0.15) is 30.4 Å². The van der Waals surface area contributed by atoms with Gasteiger partial charge in [0.1, 0.15) is 0 Å². The van der Waals surface area contributed by atoms with Gasteiger partial charge >= 0.3 is 0 Å². The molecule has 0 radical (unpaired) electrons. The summed E-state index contributed by atoms with van der Waals surface area (Å²) in [5.74, 6) is -0.235. The third kappa shape index (κ3) is 1.47. The summed E-state index contributed by atoms with van der Waals surface area (Å²) in [6, 6.07) is 8.16. The number of carbonyl (C=O) groups is 1. The number of rotatable bonds is 2. The number of nitrogens with zero attached hydrogens (tertiary/aromatic N) is 2. The van der Waals surface area contributed by atoms with Crippen LogP contribution in [0.4, 0.5) is 5.69 Å². The predicted octanol–water partition coefficient (Wildman–Crippen LogP) is 2.22. The fourth-order valence-corrected chi connectivity index (χ4v) is 2.18. The van der Waals surface area contributed by atoms with E-state index in [1.54, 1.807) is 11.9 Å². The van der Waals surface area contributed by atoms with Gasteiger partial charge in [-0.15, -0.1) is 0 Å². The number of likely N-dealkylation sites (N-methyl/N-ethyl adjacent to an activating group) is 1. The molecule has 0 N–H and O–H groups in total. The average molecular weight is 214 g/mol. The largest absolute Gasteiger partial charge is 0.315 e. The number of anilines is 1. The zero-order chi connectivity index (χ0) is 11.7. The number of aryl methyl sites for hydroxylation is 1. The number of amides is 1. The molecular weight excluding hydrogens is 200 g/mol. The maximum absolute atomic E-state index is 11.9. The first-order chi connectivity index (χ1) is 7.69. The molecular formula is C13H14N2O. The number of fused-ring (bicyclic) bond motifs is 1. The Morgan fingerprint density at radius 2 is 2.25 bits per heavy atom. The SMILES string of the molecule is CCc1ccc2c(c1)[C@H](CC#N)C(=O)N2C. The summed E-state index contributed by atoms with van der Waals surface area (Å²) in [5.41, 5.74) is 3.17. The highest BCUT2D eigenvalue weighted by Gasteiger charge is 2.34. The summed E-state index contributed by atoms with van der Waals surface area (Å²) in [7, 11) is 1.77. The highest BCUT2D eigenvalue weighted by atomic mass is 16.2. The minimum Gasteiger partial charge on any atom is -0.315 e. The van der Waals surface area contributed by atoms with Crippen molar-refractivity contribution in [1.29, 1.82) is 5.26 Å². The molecule has 0 aliphatic carbocycles. The summed E-state index contributed by atoms with van der Waals surface area (Å²) in [6.45, 7) is 2.08. The molecule has 1 aliphatic rings. The third-order valence-corrected chi connectivity index (χ3v) is 3.16. The lowest BCUT2D eigenvalue weighted by Crippen LogP contribution is -2.23. The number of nitriles is 1. The zero-order valence-corrected chi connectivity index (χ0v) is 9.53. The lowest BCUT2D eigenvalue weighted by Gasteiger charge is -2.09. The molecule has 0 bridgehead atoms. The van der Waals surface area contributed by atoms with Crippen molar-refractivity contribution in [3.63, 3.8) is 0 Å². The van der Waals surface area contributed by atoms with Crippen molar-refractivity contribution in [3.05, 3.63) is 29.3 Å². The maximum atomic E-state index is 11.9. The van der Waals surface area contributed by atoms with Crippen molar-refractivity contribution < 1.29 is 4.79 Å². The van der Waals surface area contributed by atoms with Gasteiger partial charge in [-0.1, -0.05) is 19.1 Å². The van der Waals surface area contributed by atoms with Crippen molar-refractivity contribution >= 4 is 11.6 Å². The summed E-state index contributed by atoms with van der Waals surface area (Å²) in [4.78, 5) is 13.6. The van der Waals surface area contributed by atoms with Crippen LogP contribution in [0, 0.1) is 11.3 Å². The molecule has 1 heterocycles. The highest BCUT2D eigenvalue weighted by molar-refractivity contribution is 6.04. The van der Waals surface area contributed by atoms with E-state index in [4.69, 9.17) is 5.26 Å². The normalized spacial score (nSPS) is 18.4. The van der Waals surface area contributed by atoms with Crippen LogP contribution >= 0.6 is 0 Å². The van der Waals surface area contributed by atoms with Crippen molar-refractivity contribution in [2.75, 3.05) is 11.9 Å². The molecule has 0 unspecified atom stereocenters. The fourth-order valence-electron chi connectivity index (χ4n) is 2.18. The Bertz CT molecular complexity index is 473. The van der Waals surface area contributed by atoms with Crippen LogP contribution in [0.15, 0.2) is 18.2 Å². The second kappa shape index (κ2) is 3.97. The van der Waals surface area contributed by atoms with E-state index >= 15 is 0 Å². The van der Waals surface area contributed by atoms with Gasteiger partial charge in [0.2, 0.25) is 5.91 Å².